The molecule has 2 aromatic carbocycles. The van der Waals surface area contributed by atoms with Crippen molar-refractivity contribution in [3.63, 3.8) is 0 Å². The Morgan fingerprint density at radius 3 is 2.58 bits per heavy atom. The van der Waals surface area contributed by atoms with Gasteiger partial charge in [0.15, 0.2) is 0 Å². The van der Waals surface area contributed by atoms with Gasteiger partial charge in [0.1, 0.15) is 5.00 Å². The Balaban J connectivity index is 1.44. The van der Waals surface area contributed by atoms with Crippen molar-refractivity contribution in [2.75, 3.05) is 17.6 Å². The summed E-state index contributed by atoms with van der Waals surface area (Å²) in [5, 5.41) is 3.51. The van der Waals surface area contributed by atoms with E-state index in [1.807, 2.05) is 49.4 Å². The fourth-order valence-electron chi connectivity index (χ4n) is 3.73. The average Bonchev–Trinajstić information content (AvgIpc) is 3.11. The molecule has 1 aliphatic heterocycles. The fraction of sp³-hybridized carbons (Fsp3) is 0.250. The first-order valence-corrected chi connectivity index (χ1v) is 12.0. The molecule has 0 bridgehead atoms. The van der Waals surface area contributed by atoms with Gasteiger partial charge in [-0.1, -0.05) is 48.0 Å². The molecule has 0 spiro atoms. The number of hydrogen-bond acceptors (Lipinski definition) is 5. The quantitative estimate of drug-likeness (QED) is 0.521. The van der Waals surface area contributed by atoms with Gasteiger partial charge in [-0.05, 0) is 36.6 Å². The summed E-state index contributed by atoms with van der Waals surface area (Å²) in [6, 6.07) is 18.4. The number of benzene rings is 2. The van der Waals surface area contributed by atoms with Crippen molar-refractivity contribution >= 4 is 39.9 Å². The van der Waals surface area contributed by atoms with E-state index in [0.29, 0.717) is 10.6 Å². The van der Waals surface area contributed by atoms with Gasteiger partial charge >= 0.3 is 0 Å². The number of fused-ring (bicyclic) bond motifs is 1. The molecule has 7 heteroatoms. The summed E-state index contributed by atoms with van der Waals surface area (Å²) < 4.78 is 0. The van der Waals surface area contributed by atoms with E-state index in [1.54, 1.807) is 0 Å². The summed E-state index contributed by atoms with van der Waals surface area (Å²) in [5.74, 6) is -0.326. The molecule has 0 saturated carbocycles. The van der Waals surface area contributed by atoms with Gasteiger partial charge in [-0.3, -0.25) is 14.5 Å². The van der Waals surface area contributed by atoms with Crippen molar-refractivity contribution in [3.8, 4) is 0 Å². The molecule has 0 atom stereocenters. The minimum atomic E-state index is -0.476. The molecule has 1 aliphatic rings. The maximum absolute atomic E-state index is 12.6. The van der Waals surface area contributed by atoms with Crippen LogP contribution in [0.3, 0.4) is 0 Å². The Morgan fingerprint density at radius 1 is 1.13 bits per heavy atom. The summed E-state index contributed by atoms with van der Waals surface area (Å²) in [5.41, 5.74) is 9.61. The van der Waals surface area contributed by atoms with E-state index in [2.05, 4.69) is 22.3 Å². The number of primary amides is 1. The SMILES string of the molecule is Cc1ccc(SCC(=O)Nc2sc3c(c2C(N)=O)CCN(Cc2ccccc2)C3)cc1. The van der Waals surface area contributed by atoms with Crippen LogP contribution < -0.4 is 11.1 Å². The smallest absolute Gasteiger partial charge is 0.251 e. The van der Waals surface area contributed by atoms with Crippen LogP contribution in [0.5, 0.6) is 0 Å². The lowest BCUT2D eigenvalue weighted by molar-refractivity contribution is -0.113. The third kappa shape index (κ3) is 5.36. The summed E-state index contributed by atoms with van der Waals surface area (Å²) in [4.78, 5) is 29.2. The molecular formula is C24H25N3O2S2. The summed E-state index contributed by atoms with van der Waals surface area (Å²) in [6.45, 7) is 4.50. The van der Waals surface area contributed by atoms with Crippen LogP contribution in [0.4, 0.5) is 5.00 Å². The van der Waals surface area contributed by atoms with Gasteiger partial charge in [0.05, 0.1) is 11.3 Å². The Labute approximate surface area is 190 Å². The van der Waals surface area contributed by atoms with Crippen LogP contribution in [0, 0.1) is 6.92 Å². The van der Waals surface area contributed by atoms with Gasteiger partial charge in [0.25, 0.3) is 5.91 Å². The third-order valence-electron chi connectivity index (χ3n) is 5.28. The zero-order chi connectivity index (χ0) is 21.8. The number of thiophene rings is 1. The normalized spacial score (nSPS) is 13.6. The molecule has 0 saturated heterocycles. The van der Waals surface area contributed by atoms with Crippen molar-refractivity contribution in [1.82, 2.24) is 4.90 Å². The summed E-state index contributed by atoms with van der Waals surface area (Å²) in [7, 11) is 0. The molecule has 0 aliphatic carbocycles. The van der Waals surface area contributed by atoms with Crippen LogP contribution in [0.25, 0.3) is 0 Å². The number of nitrogens with one attached hydrogen (secondary N) is 1. The van der Waals surface area contributed by atoms with Gasteiger partial charge in [-0.15, -0.1) is 23.1 Å². The minimum absolute atomic E-state index is 0.132. The van der Waals surface area contributed by atoms with E-state index < -0.39 is 5.91 Å². The van der Waals surface area contributed by atoms with Crippen LogP contribution in [-0.2, 0) is 24.3 Å². The minimum Gasteiger partial charge on any atom is -0.365 e. The molecular weight excluding hydrogens is 426 g/mol. The van der Waals surface area contributed by atoms with Crippen molar-refractivity contribution < 1.29 is 9.59 Å². The number of nitrogens with zero attached hydrogens (tertiary/aromatic N) is 1. The van der Waals surface area contributed by atoms with Gasteiger partial charge in [0.2, 0.25) is 5.91 Å². The van der Waals surface area contributed by atoms with Crippen molar-refractivity contribution in [1.29, 1.82) is 0 Å². The largest absolute Gasteiger partial charge is 0.365 e. The number of aryl methyl sites for hydroxylation is 1. The monoisotopic (exact) mass is 451 g/mol. The van der Waals surface area contributed by atoms with E-state index in [0.717, 1.165) is 41.4 Å². The zero-order valence-corrected chi connectivity index (χ0v) is 19.0. The lowest BCUT2D eigenvalue weighted by Gasteiger charge is -2.27. The van der Waals surface area contributed by atoms with Gasteiger partial charge in [-0.25, -0.2) is 0 Å². The topological polar surface area (TPSA) is 75.4 Å². The van der Waals surface area contributed by atoms with E-state index >= 15 is 0 Å². The fourth-order valence-corrected chi connectivity index (χ4v) is 5.74. The maximum Gasteiger partial charge on any atom is 0.251 e. The zero-order valence-electron chi connectivity index (χ0n) is 17.4. The van der Waals surface area contributed by atoms with Crippen LogP contribution in [-0.4, -0.2) is 29.0 Å². The molecule has 31 heavy (non-hydrogen) atoms. The van der Waals surface area contributed by atoms with Crippen molar-refractivity contribution in [2.45, 2.75) is 31.3 Å². The number of amides is 2. The van der Waals surface area contributed by atoms with Gasteiger partial charge in [-0.2, -0.15) is 0 Å². The predicted octanol–water partition coefficient (Wildman–Crippen LogP) is 4.44. The number of carbonyl (C=O) groups excluding carboxylic acids is 2. The first-order chi connectivity index (χ1) is 15.0. The second kappa shape index (κ2) is 9.68. The lowest BCUT2D eigenvalue weighted by Crippen LogP contribution is -2.30. The van der Waals surface area contributed by atoms with E-state index in [4.69, 9.17) is 5.73 Å². The number of nitrogens with two attached hydrogens (primary N) is 1. The van der Waals surface area contributed by atoms with Crippen LogP contribution >= 0.6 is 23.1 Å². The highest BCUT2D eigenvalue weighted by atomic mass is 32.2. The Kier molecular flexibility index (Phi) is 6.75. The highest BCUT2D eigenvalue weighted by Crippen LogP contribution is 2.37. The van der Waals surface area contributed by atoms with Crippen LogP contribution in [0.15, 0.2) is 59.5 Å². The maximum atomic E-state index is 12.6. The molecule has 5 nitrogen and oxygen atoms in total. The molecule has 0 radical (unpaired) electrons. The number of carbonyl (C=O) groups is 2. The average molecular weight is 452 g/mol. The molecule has 3 N–H and O–H groups in total. The number of thioether (sulfide) groups is 1. The molecule has 2 heterocycles. The molecule has 3 aromatic rings. The first kappa shape index (κ1) is 21.6. The van der Waals surface area contributed by atoms with E-state index in [1.165, 1.54) is 34.2 Å². The Morgan fingerprint density at radius 2 is 1.87 bits per heavy atom. The number of hydrogen-bond donors (Lipinski definition) is 2. The number of rotatable bonds is 7. The van der Waals surface area contributed by atoms with Crippen molar-refractivity contribution in [2.24, 2.45) is 5.73 Å². The van der Waals surface area contributed by atoms with Gasteiger partial charge < -0.3 is 11.1 Å². The molecule has 4 rings (SSSR count). The first-order valence-electron chi connectivity index (χ1n) is 10.2. The predicted molar refractivity (Wildman–Crippen MR) is 128 cm³/mol. The highest BCUT2D eigenvalue weighted by molar-refractivity contribution is 8.00. The van der Waals surface area contributed by atoms with Gasteiger partial charge in [0, 0.05) is 29.4 Å². The molecule has 160 valence electrons. The molecule has 0 unspecified atom stereocenters. The Bertz CT molecular complexity index is 1080. The highest BCUT2D eigenvalue weighted by Gasteiger charge is 2.27. The van der Waals surface area contributed by atoms with Crippen molar-refractivity contribution in [3.05, 3.63) is 81.7 Å². The second-order valence-corrected chi connectivity index (χ2v) is 9.82. The lowest BCUT2D eigenvalue weighted by atomic mass is 10.0. The molecule has 0 fully saturated rings. The van der Waals surface area contributed by atoms with Crippen LogP contribution in [0.1, 0.15) is 31.9 Å². The third-order valence-corrected chi connectivity index (χ3v) is 7.42. The Hall–Kier alpha value is -2.61. The second-order valence-electron chi connectivity index (χ2n) is 7.67. The van der Waals surface area contributed by atoms with E-state index in [-0.39, 0.29) is 11.7 Å². The molecule has 1 aromatic heterocycles. The molecule has 2 amide bonds. The van der Waals surface area contributed by atoms with E-state index in [9.17, 15) is 9.59 Å². The number of anilines is 1. The summed E-state index contributed by atoms with van der Waals surface area (Å²) >= 11 is 2.95. The summed E-state index contributed by atoms with van der Waals surface area (Å²) in [6.07, 6.45) is 0.755. The standard InChI is InChI=1S/C24H25N3O2S2/c1-16-7-9-18(10-8-16)30-15-21(28)26-24-22(23(25)29)19-11-12-27(14-20(19)31-24)13-17-5-3-2-4-6-17/h2-10H,11-15H2,1H3,(H2,25,29)(H,26,28). The van der Waals surface area contributed by atoms with Crippen LogP contribution in [0.2, 0.25) is 0 Å².